The van der Waals surface area contributed by atoms with Crippen molar-refractivity contribution in [3.8, 4) is 17.3 Å². The molecule has 5 aromatic rings. The third-order valence-corrected chi connectivity index (χ3v) is 5.46. The molecular weight excluding hydrogens is 492 g/mol. The molecule has 33 heavy (non-hydrogen) atoms. The van der Waals surface area contributed by atoms with E-state index >= 15 is 0 Å². The molecule has 0 aliphatic heterocycles. The molecule has 1 N–H and O–H groups in total. The van der Waals surface area contributed by atoms with E-state index in [-0.39, 0.29) is 5.82 Å². The predicted molar refractivity (Wildman–Crippen MR) is 127 cm³/mol. The second-order valence-electron chi connectivity index (χ2n) is 7.11. The first-order chi connectivity index (χ1) is 15.9. The third kappa shape index (κ3) is 3.76. The molecule has 0 atom stereocenters. The number of hydrogen-bond donors (Lipinski definition) is 1. The van der Waals surface area contributed by atoms with E-state index in [1.807, 2.05) is 12.1 Å². The first kappa shape index (κ1) is 20.6. The quantitative estimate of drug-likeness (QED) is 0.207. The van der Waals surface area contributed by atoms with Crippen LogP contribution in [-0.2, 0) is 0 Å². The SMILES string of the molecule is O=c1c2ccccc2nc(-c2cc3cc(Br)ccc3o2)n1N=Cc1ccc(O)c([N+](=O)[O-])c1. The summed E-state index contributed by atoms with van der Waals surface area (Å²) in [4.78, 5) is 28.3. The minimum absolute atomic E-state index is 0.176. The number of aromatic hydroxyl groups is 1. The molecule has 2 heterocycles. The summed E-state index contributed by atoms with van der Waals surface area (Å²) in [5.41, 5.74) is 0.512. The van der Waals surface area contributed by atoms with Crippen LogP contribution in [0.5, 0.6) is 5.75 Å². The average Bonchev–Trinajstić information content (AvgIpc) is 3.22. The number of para-hydroxylation sites is 1. The number of halogens is 1. The van der Waals surface area contributed by atoms with E-state index in [1.165, 1.54) is 18.3 Å². The highest BCUT2D eigenvalue weighted by atomic mass is 79.9. The van der Waals surface area contributed by atoms with Crippen molar-refractivity contribution in [2.75, 3.05) is 0 Å². The summed E-state index contributed by atoms with van der Waals surface area (Å²) in [7, 11) is 0. The van der Waals surface area contributed by atoms with Gasteiger partial charge in [-0.1, -0.05) is 28.1 Å². The summed E-state index contributed by atoms with van der Waals surface area (Å²) in [6, 6.07) is 17.9. The summed E-state index contributed by atoms with van der Waals surface area (Å²) in [6.45, 7) is 0. The third-order valence-electron chi connectivity index (χ3n) is 4.97. The second kappa shape index (κ2) is 7.99. The van der Waals surface area contributed by atoms with Crippen LogP contribution in [0.15, 0.2) is 85.5 Å². The fourth-order valence-electron chi connectivity index (χ4n) is 3.41. The van der Waals surface area contributed by atoms with Gasteiger partial charge in [0, 0.05) is 21.5 Å². The molecule has 0 radical (unpaired) electrons. The number of aromatic nitrogens is 2. The fourth-order valence-corrected chi connectivity index (χ4v) is 3.78. The Balaban J connectivity index is 1.71. The molecule has 5 rings (SSSR count). The lowest BCUT2D eigenvalue weighted by atomic mass is 10.2. The van der Waals surface area contributed by atoms with Gasteiger partial charge in [-0.25, -0.2) is 4.98 Å². The highest BCUT2D eigenvalue weighted by Crippen LogP contribution is 2.29. The zero-order chi connectivity index (χ0) is 23.1. The van der Waals surface area contributed by atoms with Crippen molar-refractivity contribution >= 4 is 49.7 Å². The topological polar surface area (TPSA) is 124 Å². The van der Waals surface area contributed by atoms with Gasteiger partial charge in [-0.3, -0.25) is 14.9 Å². The van der Waals surface area contributed by atoms with E-state index in [4.69, 9.17) is 4.42 Å². The average molecular weight is 505 g/mol. The summed E-state index contributed by atoms with van der Waals surface area (Å²) in [6.07, 6.45) is 1.28. The van der Waals surface area contributed by atoms with E-state index in [9.17, 15) is 20.0 Å². The van der Waals surface area contributed by atoms with E-state index < -0.39 is 21.9 Å². The smallest absolute Gasteiger partial charge is 0.311 e. The van der Waals surface area contributed by atoms with Gasteiger partial charge in [-0.2, -0.15) is 9.78 Å². The lowest BCUT2D eigenvalue weighted by Crippen LogP contribution is -2.20. The van der Waals surface area contributed by atoms with E-state index in [1.54, 1.807) is 36.4 Å². The number of fused-ring (bicyclic) bond motifs is 2. The molecule has 0 saturated carbocycles. The minimum atomic E-state index is -0.700. The Labute approximate surface area is 193 Å². The predicted octanol–water partition coefficient (Wildman–Crippen LogP) is 5.07. The number of benzene rings is 3. The van der Waals surface area contributed by atoms with Gasteiger partial charge < -0.3 is 9.52 Å². The van der Waals surface area contributed by atoms with Crippen molar-refractivity contribution in [1.29, 1.82) is 0 Å². The number of nitro benzene ring substituents is 1. The fraction of sp³-hybridized carbons (Fsp3) is 0. The van der Waals surface area contributed by atoms with Crippen LogP contribution in [0.25, 0.3) is 33.5 Å². The summed E-state index contributed by atoms with van der Waals surface area (Å²) >= 11 is 3.43. The maximum Gasteiger partial charge on any atom is 0.311 e. The molecule has 0 unspecified atom stereocenters. The monoisotopic (exact) mass is 504 g/mol. The van der Waals surface area contributed by atoms with Gasteiger partial charge in [0.25, 0.3) is 5.56 Å². The summed E-state index contributed by atoms with van der Waals surface area (Å²) in [5, 5.41) is 26.2. The molecule has 10 heteroatoms. The van der Waals surface area contributed by atoms with E-state index in [2.05, 4.69) is 26.0 Å². The van der Waals surface area contributed by atoms with Crippen molar-refractivity contribution in [2.24, 2.45) is 5.10 Å². The Kier molecular flexibility index (Phi) is 4.98. The van der Waals surface area contributed by atoms with E-state index in [0.29, 0.717) is 27.8 Å². The van der Waals surface area contributed by atoms with Crippen LogP contribution in [0.3, 0.4) is 0 Å². The molecular formula is C23H13BrN4O5. The normalized spacial score (nSPS) is 11.5. The van der Waals surface area contributed by atoms with Crippen LogP contribution in [0, 0.1) is 10.1 Å². The number of nitro groups is 1. The lowest BCUT2D eigenvalue weighted by molar-refractivity contribution is -0.385. The lowest BCUT2D eigenvalue weighted by Gasteiger charge is -2.07. The number of phenolic OH excluding ortho intramolecular Hbond substituents is 1. The summed E-state index contributed by atoms with van der Waals surface area (Å²) < 4.78 is 7.90. The maximum absolute atomic E-state index is 13.3. The molecule has 0 amide bonds. The molecule has 0 saturated heterocycles. The number of rotatable bonds is 4. The molecule has 0 aliphatic rings. The van der Waals surface area contributed by atoms with Crippen molar-refractivity contribution in [2.45, 2.75) is 0 Å². The largest absolute Gasteiger partial charge is 0.502 e. The zero-order valence-corrected chi connectivity index (χ0v) is 18.3. The number of furan rings is 1. The van der Waals surface area contributed by atoms with Crippen LogP contribution in [0.4, 0.5) is 5.69 Å². The van der Waals surface area contributed by atoms with Crippen LogP contribution in [0.1, 0.15) is 5.56 Å². The molecule has 2 aromatic heterocycles. The first-order valence-corrected chi connectivity index (χ1v) is 10.4. The second-order valence-corrected chi connectivity index (χ2v) is 8.03. The van der Waals surface area contributed by atoms with Crippen molar-refractivity contribution in [3.63, 3.8) is 0 Å². The van der Waals surface area contributed by atoms with Crippen molar-refractivity contribution < 1.29 is 14.4 Å². The van der Waals surface area contributed by atoms with Crippen LogP contribution >= 0.6 is 15.9 Å². The molecule has 0 bridgehead atoms. The molecule has 9 nitrogen and oxygen atoms in total. The number of phenols is 1. The van der Waals surface area contributed by atoms with Gasteiger partial charge in [0.05, 0.1) is 22.0 Å². The Morgan fingerprint density at radius 2 is 1.94 bits per heavy atom. The van der Waals surface area contributed by atoms with Crippen LogP contribution in [0.2, 0.25) is 0 Å². The minimum Gasteiger partial charge on any atom is -0.502 e. The Morgan fingerprint density at radius 3 is 2.76 bits per heavy atom. The van der Waals surface area contributed by atoms with Gasteiger partial charge in [0.15, 0.2) is 11.5 Å². The standard InChI is InChI=1S/C23H13BrN4O5/c24-15-6-8-20-14(10-15)11-21(33-20)22-26-17-4-2-1-3-16(17)23(30)27(22)25-12-13-5-7-19(29)18(9-13)28(31)32/h1-12,29H. The van der Waals surface area contributed by atoms with Crippen LogP contribution < -0.4 is 5.56 Å². The van der Waals surface area contributed by atoms with Gasteiger partial charge in [0.2, 0.25) is 5.82 Å². The Hall–Kier alpha value is -4.31. The van der Waals surface area contributed by atoms with Crippen LogP contribution in [-0.4, -0.2) is 25.9 Å². The zero-order valence-electron chi connectivity index (χ0n) is 16.7. The van der Waals surface area contributed by atoms with Gasteiger partial charge in [0.1, 0.15) is 5.58 Å². The number of nitrogens with zero attached hydrogens (tertiary/aromatic N) is 4. The Bertz CT molecular complexity index is 1650. The summed E-state index contributed by atoms with van der Waals surface area (Å²) in [5.74, 6) is 0.0474. The highest BCUT2D eigenvalue weighted by Gasteiger charge is 2.17. The highest BCUT2D eigenvalue weighted by molar-refractivity contribution is 9.10. The molecule has 0 spiro atoms. The van der Waals surface area contributed by atoms with E-state index in [0.717, 1.165) is 20.6 Å². The van der Waals surface area contributed by atoms with Crippen molar-refractivity contribution in [1.82, 2.24) is 9.66 Å². The van der Waals surface area contributed by atoms with Gasteiger partial charge >= 0.3 is 5.69 Å². The molecule has 3 aromatic carbocycles. The first-order valence-electron chi connectivity index (χ1n) is 9.64. The molecule has 0 fully saturated rings. The molecule has 0 aliphatic carbocycles. The maximum atomic E-state index is 13.3. The molecule has 162 valence electrons. The van der Waals surface area contributed by atoms with Gasteiger partial charge in [-0.15, -0.1) is 0 Å². The van der Waals surface area contributed by atoms with Crippen molar-refractivity contribution in [3.05, 3.63) is 97.2 Å². The van der Waals surface area contributed by atoms with Gasteiger partial charge in [-0.05, 0) is 48.5 Å². The Morgan fingerprint density at radius 1 is 1.12 bits per heavy atom. The number of hydrogen-bond acceptors (Lipinski definition) is 7.